The molecule has 0 radical (unpaired) electrons. The van der Waals surface area contributed by atoms with Crippen molar-refractivity contribution in [1.82, 2.24) is 5.32 Å². The number of unbranched alkanes of at least 4 members (excludes halogenated alkanes) is 3. The van der Waals surface area contributed by atoms with Crippen LogP contribution in [0, 0.1) is 0 Å². The van der Waals surface area contributed by atoms with Gasteiger partial charge < -0.3 is 10.1 Å². The van der Waals surface area contributed by atoms with Crippen molar-refractivity contribution in [3.05, 3.63) is 0 Å². The maximum absolute atomic E-state index is 5.03. The molecule has 1 N–H and O–H groups in total. The van der Waals surface area contributed by atoms with Gasteiger partial charge in [-0.25, -0.2) is 0 Å². The average Bonchev–Trinajstić information content (AvgIpc) is 2.29. The van der Waals surface area contributed by atoms with Gasteiger partial charge in [0.05, 0.1) is 0 Å². The number of nitrogens with one attached hydrogen (secondary N) is 1. The van der Waals surface area contributed by atoms with E-state index in [4.69, 9.17) is 4.74 Å². The highest BCUT2D eigenvalue weighted by molar-refractivity contribution is 7.99. The molecule has 1 aliphatic heterocycles. The van der Waals surface area contributed by atoms with E-state index in [1.807, 2.05) is 0 Å². The van der Waals surface area contributed by atoms with Crippen LogP contribution in [0.5, 0.6) is 0 Å². The first-order valence-corrected chi connectivity index (χ1v) is 7.29. The van der Waals surface area contributed by atoms with Gasteiger partial charge in [0.1, 0.15) is 0 Å². The number of ether oxygens (including phenoxy) is 1. The van der Waals surface area contributed by atoms with Crippen molar-refractivity contribution in [2.24, 2.45) is 0 Å². The van der Waals surface area contributed by atoms with E-state index in [0.29, 0.717) is 0 Å². The Kier molecular flexibility index (Phi) is 8.44. The van der Waals surface area contributed by atoms with Gasteiger partial charge in [-0.1, -0.05) is 12.8 Å². The second kappa shape index (κ2) is 9.49. The summed E-state index contributed by atoms with van der Waals surface area (Å²) in [5, 5.41) is 4.35. The molecule has 0 aromatic rings. The topological polar surface area (TPSA) is 21.3 Å². The lowest BCUT2D eigenvalue weighted by atomic mass is 10.2. The van der Waals surface area contributed by atoms with Crippen LogP contribution in [0.3, 0.4) is 0 Å². The highest BCUT2D eigenvalue weighted by Gasteiger charge is 2.12. The Labute approximate surface area is 98.5 Å². The Morgan fingerprint density at radius 3 is 2.60 bits per heavy atom. The molecule has 0 spiro atoms. The first kappa shape index (κ1) is 13.3. The van der Waals surface area contributed by atoms with Gasteiger partial charge in [0.2, 0.25) is 0 Å². The molecule has 0 aromatic carbocycles. The van der Waals surface area contributed by atoms with Gasteiger partial charge in [-0.05, 0) is 44.5 Å². The van der Waals surface area contributed by atoms with Crippen molar-refractivity contribution in [3.8, 4) is 0 Å². The van der Waals surface area contributed by atoms with Crippen molar-refractivity contribution < 1.29 is 4.74 Å². The Morgan fingerprint density at radius 2 is 1.87 bits per heavy atom. The van der Waals surface area contributed by atoms with Gasteiger partial charge in [0.25, 0.3) is 0 Å². The predicted octanol–water partition coefficient (Wildman–Crippen LogP) is 2.68. The molecule has 15 heavy (non-hydrogen) atoms. The smallest absolute Gasteiger partial charge is 0.0462 e. The highest BCUT2D eigenvalue weighted by atomic mass is 32.2. The molecule has 0 unspecified atom stereocenters. The molecule has 1 aliphatic rings. The molecule has 1 fully saturated rings. The molecule has 90 valence electrons. The maximum atomic E-state index is 5.03. The zero-order chi connectivity index (χ0) is 10.8. The van der Waals surface area contributed by atoms with Gasteiger partial charge >= 0.3 is 0 Å². The van der Waals surface area contributed by atoms with E-state index >= 15 is 0 Å². The number of hydrogen-bond acceptors (Lipinski definition) is 3. The molecule has 0 bridgehead atoms. The number of thioether (sulfide) groups is 1. The van der Waals surface area contributed by atoms with Gasteiger partial charge in [-0.15, -0.1) is 0 Å². The fraction of sp³-hybridized carbons (Fsp3) is 1.00. The number of rotatable bonds is 8. The average molecular weight is 231 g/mol. The molecule has 0 aliphatic carbocycles. The first-order valence-electron chi connectivity index (χ1n) is 6.24. The minimum Gasteiger partial charge on any atom is -0.385 e. The largest absolute Gasteiger partial charge is 0.385 e. The van der Waals surface area contributed by atoms with Crippen LogP contribution >= 0.6 is 11.8 Å². The molecule has 0 amide bonds. The standard InChI is InChI=1S/C12H25NOS/c1-14-10-4-2-3-5-11-15-12-6-8-13-9-7-12/h12-13H,2-11H2,1H3. The number of methoxy groups -OCH3 is 1. The summed E-state index contributed by atoms with van der Waals surface area (Å²) in [5.41, 5.74) is 0. The van der Waals surface area contributed by atoms with Crippen molar-refractivity contribution >= 4 is 11.8 Å². The summed E-state index contributed by atoms with van der Waals surface area (Å²) in [6.07, 6.45) is 8.07. The Bertz CT molecular complexity index is 138. The molecular weight excluding hydrogens is 206 g/mol. The van der Waals surface area contributed by atoms with Crippen LogP contribution in [0.1, 0.15) is 38.5 Å². The molecular formula is C12H25NOS. The second-order valence-corrected chi connectivity index (χ2v) is 5.64. The van der Waals surface area contributed by atoms with Gasteiger partial charge in [-0.2, -0.15) is 11.8 Å². The molecule has 2 nitrogen and oxygen atoms in total. The van der Waals surface area contributed by atoms with Crippen LogP contribution in [0.15, 0.2) is 0 Å². The predicted molar refractivity (Wildman–Crippen MR) is 68.7 cm³/mol. The monoisotopic (exact) mass is 231 g/mol. The Morgan fingerprint density at radius 1 is 1.13 bits per heavy atom. The summed E-state index contributed by atoms with van der Waals surface area (Å²) in [7, 11) is 1.78. The van der Waals surface area contributed by atoms with Crippen molar-refractivity contribution in [2.75, 3.05) is 32.6 Å². The van der Waals surface area contributed by atoms with Crippen LogP contribution in [0.2, 0.25) is 0 Å². The van der Waals surface area contributed by atoms with Gasteiger partial charge in [0, 0.05) is 19.0 Å². The summed E-state index contributed by atoms with van der Waals surface area (Å²) in [4.78, 5) is 0. The third kappa shape index (κ3) is 7.20. The molecule has 3 heteroatoms. The second-order valence-electron chi connectivity index (χ2n) is 4.23. The Hall–Kier alpha value is 0.270. The lowest BCUT2D eigenvalue weighted by molar-refractivity contribution is 0.192. The molecule has 0 atom stereocenters. The van der Waals surface area contributed by atoms with E-state index in [2.05, 4.69) is 17.1 Å². The lowest BCUT2D eigenvalue weighted by Gasteiger charge is -2.21. The van der Waals surface area contributed by atoms with E-state index in [-0.39, 0.29) is 0 Å². The third-order valence-corrected chi connectivity index (χ3v) is 4.35. The number of piperidine rings is 1. The van der Waals surface area contributed by atoms with E-state index in [0.717, 1.165) is 11.9 Å². The van der Waals surface area contributed by atoms with Gasteiger partial charge in [-0.3, -0.25) is 0 Å². The summed E-state index contributed by atoms with van der Waals surface area (Å²) in [6.45, 7) is 3.39. The SMILES string of the molecule is COCCCCCCSC1CCNCC1. The first-order chi connectivity index (χ1) is 7.43. The molecule has 1 heterocycles. The summed E-state index contributed by atoms with van der Waals surface area (Å²) < 4.78 is 5.03. The minimum atomic E-state index is 0.932. The lowest BCUT2D eigenvalue weighted by Crippen LogP contribution is -2.29. The van der Waals surface area contributed by atoms with Gasteiger partial charge in [0.15, 0.2) is 0 Å². The third-order valence-electron chi connectivity index (χ3n) is 2.88. The molecule has 1 saturated heterocycles. The molecule has 1 rings (SSSR count). The quantitative estimate of drug-likeness (QED) is 0.649. The van der Waals surface area contributed by atoms with E-state index in [1.165, 1.54) is 57.4 Å². The summed E-state index contributed by atoms with van der Waals surface area (Å²) in [6, 6.07) is 0. The maximum Gasteiger partial charge on any atom is 0.0462 e. The van der Waals surface area contributed by atoms with Crippen molar-refractivity contribution in [2.45, 2.75) is 43.8 Å². The zero-order valence-corrected chi connectivity index (χ0v) is 10.8. The minimum absolute atomic E-state index is 0.932. The summed E-state index contributed by atoms with van der Waals surface area (Å²) in [5.74, 6) is 1.36. The van der Waals surface area contributed by atoms with E-state index in [1.54, 1.807) is 7.11 Å². The highest BCUT2D eigenvalue weighted by Crippen LogP contribution is 2.21. The van der Waals surface area contributed by atoms with Crippen LogP contribution < -0.4 is 5.32 Å². The van der Waals surface area contributed by atoms with Crippen LogP contribution in [0.25, 0.3) is 0 Å². The fourth-order valence-corrected chi connectivity index (χ4v) is 3.19. The van der Waals surface area contributed by atoms with Crippen molar-refractivity contribution in [1.29, 1.82) is 0 Å². The fourth-order valence-electron chi connectivity index (χ4n) is 1.91. The normalized spacial score (nSPS) is 18.2. The van der Waals surface area contributed by atoms with Crippen molar-refractivity contribution in [3.63, 3.8) is 0 Å². The zero-order valence-electron chi connectivity index (χ0n) is 9.96. The Balaban J connectivity index is 1.79. The van der Waals surface area contributed by atoms with Crippen LogP contribution in [-0.2, 0) is 4.74 Å². The molecule has 0 saturated carbocycles. The van der Waals surface area contributed by atoms with E-state index in [9.17, 15) is 0 Å². The number of hydrogen-bond donors (Lipinski definition) is 1. The van der Waals surface area contributed by atoms with Crippen LogP contribution in [-0.4, -0.2) is 37.8 Å². The summed E-state index contributed by atoms with van der Waals surface area (Å²) >= 11 is 2.19. The molecule has 0 aromatic heterocycles. The van der Waals surface area contributed by atoms with Crippen LogP contribution in [0.4, 0.5) is 0 Å². The van der Waals surface area contributed by atoms with E-state index < -0.39 is 0 Å².